The first kappa shape index (κ1) is 16.2. The standard InChI is InChI=1S/C16H27NO4S/c1-21-16(18)13-8-4-10-15(13)22(19,20)17-11-5-9-14(17)12-6-2-3-7-12/h12-15H,2-11H2,1H3. The highest BCUT2D eigenvalue weighted by atomic mass is 32.2. The van der Waals surface area contributed by atoms with Crippen LogP contribution in [0.1, 0.15) is 57.8 Å². The second-order valence-corrected chi connectivity index (χ2v) is 9.11. The maximum Gasteiger partial charge on any atom is 0.310 e. The first-order chi connectivity index (χ1) is 10.6. The highest BCUT2D eigenvalue weighted by Gasteiger charge is 2.48. The highest BCUT2D eigenvalue weighted by Crippen LogP contribution is 2.41. The summed E-state index contributed by atoms with van der Waals surface area (Å²) in [4.78, 5) is 11.9. The van der Waals surface area contributed by atoms with Crippen LogP contribution in [-0.4, -0.2) is 43.6 Å². The summed E-state index contributed by atoms with van der Waals surface area (Å²) in [5.41, 5.74) is 0. The van der Waals surface area contributed by atoms with Gasteiger partial charge in [-0.3, -0.25) is 4.79 Å². The van der Waals surface area contributed by atoms with Gasteiger partial charge in [0.2, 0.25) is 10.0 Å². The van der Waals surface area contributed by atoms with Crippen molar-refractivity contribution in [2.75, 3.05) is 13.7 Å². The fourth-order valence-corrected chi connectivity index (χ4v) is 7.29. The summed E-state index contributed by atoms with van der Waals surface area (Å²) in [6.07, 6.45) is 8.73. The molecule has 2 aliphatic carbocycles. The van der Waals surface area contributed by atoms with Gasteiger partial charge >= 0.3 is 5.97 Å². The topological polar surface area (TPSA) is 63.7 Å². The van der Waals surface area contributed by atoms with Crippen LogP contribution in [0, 0.1) is 11.8 Å². The predicted molar refractivity (Wildman–Crippen MR) is 83.8 cm³/mol. The summed E-state index contributed by atoms with van der Waals surface area (Å²) in [5.74, 6) is -0.308. The van der Waals surface area contributed by atoms with Gasteiger partial charge in [-0.05, 0) is 44.4 Å². The van der Waals surface area contributed by atoms with E-state index in [2.05, 4.69) is 0 Å². The van der Waals surface area contributed by atoms with Crippen LogP contribution in [-0.2, 0) is 19.6 Å². The van der Waals surface area contributed by atoms with Gasteiger partial charge in [-0.1, -0.05) is 19.3 Å². The quantitative estimate of drug-likeness (QED) is 0.743. The number of rotatable bonds is 4. The lowest BCUT2D eigenvalue weighted by molar-refractivity contribution is -0.145. The molecule has 1 aliphatic heterocycles. The number of carbonyl (C=O) groups is 1. The Labute approximate surface area is 133 Å². The molecule has 3 atom stereocenters. The van der Waals surface area contributed by atoms with Gasteiger partial charge in [-0.25, -0.2) is 8.42 Å². The van der Waals surface area contributed by atoms with Crippen molar-refractivity contribution in [1.82, 2.24) is 4.31 Å². The largest absolute Gasteiger partial charge is 0.469 e. The molecule has 0 aromatic carbocycles. The van der Waals surface area contributed by atoms with Crippen molar-refractivity contribution in [3.05, 3.63) is 0 Å². The summed E-state index contributed by atoms with van der Waals surface area (Å²) in [5, 5.41) is -0.568. The molecule has 126 valence electrons. The average molecular weight is 329 g/mol. The number of carbonyl (C=O) groups excluding carboxylic acids is 1. The Hall–Kier alpha value is -0.620. The predicted octanol–water partition coefficient (Wildman–Crippen LogP) is 2.31. The minimum absolute atomic E-state index is 0.173. The third-order valence-electron chi connectivity index (χ3n) is 5.86. The smallest absolute Gasteiger partial charge is 0.310 e. The molecule has 22 heavy (non-hydrogen) atoms. The first-order valence-electron chi connectivity index (χ1n) is 8.64. The monoisotopic (exact) mass is 329 g/mol. The molecule has 6 heteroatoms. The van der Waals surface area contributed by atoms with E-state index in [1.54, 1.807) is 4.31 Å². The molecule has 2 saturated carbocycles. The molecule has 0 aromatic rings. The van der Waals surface area contributed by atoms with Crippen molar-refractivity contribution in [1.29, 1.82) is 0 Å². The number of sulfonamides is 1. The van der Waals surface area contributed by atoms with Gasteiger partial charge in [0, 0.05) is 12.6 Å². The minimum Gasteiger partial charge on any atom is -0.469 e. The molecule has 5 nitrogen and oxygen atoms in total. The molecule has 0 spiro atoms. The summed E-state index contributed by atoms with van der Waals surface area (Å²) >= 11 is 0. The molecular weight excluding hydrogens is 302 g/mol. The molecule has 1 saturated heterocycles. The number of methoxy groups -OCH3 is 1. The number of nitrogens with zero attached hydrogens (tertiary/aromatic N) is 1. The lowest BCUT2D eigenvalue weighted by Crippen LogP contribution is -2.46. The summed E-state index contributed by atoms with van der Waals surface area (Å²) in [7, 11) is -2.05. The third kappa shape index (κ3) is 2.80. The first-order valence-corrected chi connectivity index (χ1v) is 10.1. The summed E-state index contributed by atoms with van der Waals surface area (Å²) in [6, 6.07) is 0.173. The van der Waals surface area contributed by atoms with Gasteiger partial charge in [0.15, 0.2) is 0 Å². The lowest BCUT2D eigenvalue weighted by atomic mass is 9.97. The molecule has 3 unspecified atom stereocenters. The van der Waals surface area contributed by atoms with E-state index < -0.39 is 21.2 Å². The van der Waals surface area contributed by atoms with Gasteiger partial charge in [0.05, 0.1) is 18.3 Å². The van der Waals surface area contributed by atoms with Crippen molar-refractivity contribution in [2.45, 2.75) is 69.1 Å². The van der Waals surface area contributed by atoms with Crippen LogP contribution in [0.5, 0.6) is 0 Å². The van der Waals surface area contributed by atoms with E-state index in [1.165, 1.54) is 20.0 Å². The number of hydrogen-bond acceptors (Lipinski definition) is 4. The van der Waals surface area contributed by atoms with Crippen LogP contribution in [0.15, 0.2) is 0 Å². The van der Waals surface area contributed by atoms with E-state index in [-0.39, 0.29) is 12.0 Å². The summed E-state index contributed by atoms with van der Waals surface area (Å²) in [6.45, 7) is 0.633. The zero-order valence-electron chi connectivity index (χ0n) is 13.4. The van der Waals surface area contributed by atoms with Crippen molar-refractivity contribution >= 4 is 16.0 Å². The molecule has 0 aromatic heterocycles. The second-order valence-electron chi connectivity index (χ2n) is 7.01. The van der Waals surface area contributed by atoms with E-state index in [0.29, 0.717) is 25.3 Å². The van der Waals surface area contributed by atoms with Gasteiger partial charge in [0.1, 0.15) is 0 Å². The second kappa shape index (κ2) is 6.48. The van der Waals surface area contributed by atoms with Crippen molar-refractivity contribution in [3.63, 3.8) is 0 Å². The van der Waals surface area contributed by atoms with Gasteiger partial charge in [-0.2, -0.15) is 4.31 Å². The Kier molecular flexibility index (Phi) is 4.78. The molecule has 0 radical (unpaired) electrons. The van der Waals surface area contributed by atoms with Gasteiger partial charge in [-0.15, -0.1) is 0 Å². The number of esters is 1. The SMILES string of the molecule is COC(=O)C1CCCC1S(=O)(=O)N1CCCC1C1CCCC1. The number of hydrogen-bond donors (Lipinski definition) is 0. The number of ether oxygens (including phenoxy) is 1. The maximum atomic E-state index is 13.2. The van der Waals surface area contributed by atoms with E-state index in [4.69, 9.17) is 4.74 Å². The van der Waals surface area contributed by atoms with Crippen LogP contribution < -0.4 is 0 Å². The van der Waals surface area contributed by atoms with Crippen LogP contribution >= 0.6 is 0 Å². The van der Waals surface area contributed by atoms with Crippen molar-refractivity contribution in [2.24, 2.45) is 11.8 Å². The van der Waals surface area contributed by atoms with E-state index in [9.17, 15) is 13.2 Å². The average Bonchev–Trinajstić information content (AvgIpc) is 3.25. The lowest BCUT2D eigenvalue weighted by Gasteiger charge is -2.32. The molecular formula is C16H27NO4S. The highest BCUT2D eigenvalue weighted by molar-refractivity contribution is 7.89. The van der Waals surface area contributed by atoms with Crippen LogP contribution in [0.25, 0.3) is 0 Å². The van der Waals surface area contributed by atoms with E-state index in [0.717, 1.165) is 32.1 Å². The molecule has 1 heterocycles. The Morgan fingerprint density at radius 3 is 2.41 bits per heavy atom. The van der Waals surface area contributed by atoms with Crippen LogP contribution in [0.3, 0.4) is 0 Å². The molecule has 3 rings (SSSR count). The Morgan fingerprint density at radius 2 is 1.73 bits per heavy atom. The van der Waals surface area contributed by atoms with Gasteiger partial charge in [0.25, 0.3) is 0 Å². The molecule has 3 fully saturated rings. The normalized spacial score (nSPS) is 34.3. The zero-order valence-corrected chi connectivity index (χ0v) is 14.2. The Morgan fingerprint density at radius 1 is 1.00 bits per heavy atom. The Bertz CT molecular complexity index is 512. The fraction of sp³-hybridized carbons (Fsp3) is 0.938. The van der Waals surface area contributed by atoms with E-state index in [1.807, 2.05) is 0 Å². The molecule has 0 amide bonds. The molecule has 0 N–H and O–H groups in total. The van der Waals surface area contributed by atoms with Crippen LogP contribution in [0.2, 0.25) is 0 Å². The summed E-state index contributed by atoms with van der Waals surface area (Å²) < 4.78 is 32.9. The molecule has 3 aliphatic rings. The minimum atomic E-state index is -3.40. The maximum absolute atomic E-state index is 13.2. The fourth-order valence-electron chi connectivity index (χ4n) is 4.77. The van der Waals surface area contributed by atoms with E-state index >= 15 is 0 Å². The Balaban J connectivity index is 1.80. The molecule has 0 bridgehead atoms. The van der Waals surface area contributed by atoms with Crippen molar-refractivity contribution in [3.8, 4) is 0 Å². The third-order valence-corrected chi connectivity index (χ3v) is 8.29. The van der Waals surface area contributed by atoms with Gasteiger partial charge < -0.3 is 4.74 Å². The van der Waals surface area contributed by atoms with Crippen molar-refractivity contribution < 1.29 is 17.9 Å². The van der Waals surface area contributed by atoms with Crippen LogP contribution in [0.4, 0.5) is 0 Å². The zero-order chi connectivity index (χ0) is 15.7.